The van der Waals surface area contributed by atoms with Crippen LogP contribution in [-0.2, 0) is 0 Å². The van der Waals surface area contributed by atoms with Gasteiger partial charge in [0.05, 0.1) is 0 Å². The van der Waals surface area contributed by atoms with E-state index in [-0.39, 0.29) is 48.2 Å². The van der Waals surface area contributed by atoms with E-state index in [1.165, 1.54) is 0 Å². The fraction of sp³-hybridized carbons (Fsp3) is 0.400. The Balaban J connectivity index is 0.0000115. The van der Waals surface area contributed by atoms with Gasteiger partial charge in [0.25, 0.3) is 0 Å². The minimum atomic E-state index is 0. The van der Waals surface area contributed by atoms with Crippen LogP contribution in [0.3, 0.4) is 0 Å². The van der Waals surface area contributed by atoms with Crippen molar-refractivity contribution in [1.29, 1.82) is 0 Å². The molecule has 0 unspecified atom stereocenters. The zero-order valence-corrected chi connectivity index (χ0v) is 29.2. The van der Waals surface area contributed by atoms with Gasteiger partial charge in [-0.05, 0) is 74.2 Å². The molecule has 264 valence electrons. The Bertz CT molecular complexity index is 1280. The quantitative estimate of drug-likeness (QED) is 0.0695. The highest BCUT2D eigenvalue weighted by Crippen LogP contribution is 2.14. The highest BCUT2D eigenvalue weighted by molar-refractivity contribution is 6.31. The lowest BCUT2D eigenvalue weighted by Crippen LogP contribution is -2.41. The molecular weight excluding hydrogens is 677 g/mol. The molecule has 0 heterocycles. The van der Waals surface area contributed by atoms with E-state index in [0.717, 1.165) is 62.7 Å². The number of hydrogen-bond donors (Lipinski definition) is 9. The van der Waals surface area contributed by atoms with E-state index in [9.17, 15) is 0 Å². The molecule has 48 heavy (non-hydrogen) atoms. The van der Waals surface area contributed by atoms with E-state index < -0.39 is 0 Å². The number of halogens is 3. The Labute approximate surface area is 298 Å². The van der Waals surface area contributed by atoms with Gasteiger partial charge in [-0.25, -0.2) is 0 Å². The summed E-state index contributed by atoms with van der Waals surface area (Å²) in [4.78, 5) is 25.2. The number of unbranched alkanes of at least 4 members (excludes halogenated alkanes) is 6. The Morgan fingerprint density at radius 3 is 1.10 bits per heavy atom. The van der Waals surface area contributed by atoms with Gasteiger partial charge >= 0.3 is 0 Å². The van der Waals surface area contributed by atoms with Gasteiger partial charge in [0.15, 0.2) is 11.9 Å². The Morgan fingerprint density at radius 2 is 0.771 bits per heavy atom. The molecule has 2 aromatic carbocycles. The van der Waals surface area contributed by atoms with E-state index in [0.29, 0.717) is 36.2 Å². The topological polar surface area (TPSA) is 266 Å². The zero-order valence-electron chi connectivity index (χ0n) is 26.9. The number of nitrogens with one attached hydrogen (secondary N) is 3. The zero-order chi connectivity index (χ0) is 34.3. The van der Waals surface area contributed by atoms with Crippen molar-refractivity contribution in [2.45, 2.75) is 51.4 Å². The molecule has 0 fully saturated rings. The summed E-state index contributed by atoms with van der Waals surface area (Å²) in [6, 6.07) is 14.1. The van der Waals surface area contributed by atoms with E-state index in [2.05, 4.69) is 45.9 Å². The maximum Gasteiger partial charge on any atom is 0.218 e. The Kier molecular flexibility index (Phi) is 21.4. The number of hydrogen-bond acceptors (Lipinski definition) is 4. The van der Waals surface area contributed by atoms with Gasteiger partial charge in [-0.1, -0.05) is 48.9 Å². The van der Waals surface area contributed by atoms with Crippen LogP contribution in [0.1, 0.15) is 51.4 Å². The predicted molar refractivity (Wildman–Crippen MR) is 207 cm³/mol. The lowest BCUT2D eigenvalue weighted by atomic mass is 10.2. The van der Waals surface area contributed by atoms with Crippen LogP contribution in [-0.4, -0.2) is 61.9 Å². The number of nitrogens with zero attached hydrogens (tertiary/aromatic N) is 6. The molecule has 0 saturated carbocycles. The molecule has 0 radical (unpaired) electrons. The maximum absolute atomic E-state index is 5.91. The van der Waals surface area contributed by atoms with Gasteiger partial charge in [0.1, 0.15) is 0 Å². The van der Waals surface area contributed by atoms with Crippen molar-refractivity contribution < 1.29 is 0 Å². The van der Waals surface area contributed by atoms with Gasteiger partial charge in [-0.3, -0.25) is 25.3 Å². The summed E-state index contributed by atoms with van der Waals surface area (Å²) in [6.07, 6.45) is 7.38. The first-order valence-electron chi connectivity index (χ1n) is 15.3. The third-order valence-electron chi connectivity index (χ3n) is 6.20. The standard InChI is InChI=1S/C30H47Cl2N15.ClH/c31-21-9-13-23(14-10-21)43-29(37)46-27(35)41-19-7-3-1-5-17-39-25(33)45-26(34)40-18-6-2-4-8-20-42-28(36)47-30(38)44-24-15-11-22(32)12-16-24;/h9-16H,1-8,17-20H2,(H5,33,34,39,40,45)(H5,35,37,41,43,46)(H5,36,38,42,44,47);1H. The van der Waals surface area contributed by atoms with Crippen molar-refractivity contribution in [3.8, 4) is 0 Å². The summed E-state index contributed by atoms with van der Waals surface area (Å²) in [6.45, 7) is 2.28. The molecule has 0 saturated heterocycles. The molecule has 15 N–H and O–H groups in total. The second kappa shape index (κ2) is 24.7. The predicted octanol–water partition coefficient (Wildman–Crippen LogP) is 3.54. The molecule has 0 aliphatic rings. The molecule has 0 aliphatic carbocycles. The average Bonchev–Trinajstić information content (AvgIpc) is 3.02. The second-order valence-electron chi connectivity index (χ2n) is 10.2. The SMILES string of the molecule is Cl.NC(=NCCCCCCN=C(N)NC(N)=NCCCCCCN=C(N)N=C(N)Nc1ccc(Cl)cc1)N=C(N)Nc1ccc(Cl)cc1. The van der Waals surface area contributed by atoms with Gasteiger partial charge in [-0.15, -0.1) is 12.4 Å². The van der Waals surface area contributed by atoms with Crippen molar-refractivity contribution in [1.82, 2.24) is 5.32 Å². The third kappa shape index (κ3) is 20.6. The molecule has 18 heteroatoms. The van der Waals surface area contributed by atoms with Crippen LogP contribution in [0.4, 0.5) is 11.4 Å². The summed E-state index contributed by atoms with van der Waals surface area (Å²) < 4.78 is 0. The molecule has 0 bridgehead atoms. The van der Waals surface area contributed by atoms with Crippen LogP contribution in [0.15, 0.2) is 78.5 Å². The first-order valence-corrected chi connectivity index (χ1v) is 16.1. The van der Waals surface area contributed by atoms with Crippen LogP contribution in [0.25, 0.3) is 0 Å². The van der Waals surface area contributed by atoms with Crippen molar-refractivity contribution in [3.63, 3.8) is 0 Å². The summed E-state index contributed by atoms with van der Waals surface area (Å²) in [5.74, 6) is 1.04. The van der Waals surface area contributed by atoms with Crippen LogP contribution < -0.4 is 50.4 Å². The van der Waals surface area contributed by atoms with Crippen molar-refractivity contribution in [3.05, 3.63) is 58.6 Å². The molecule has 0 aromatic heterocycles. The summed E-state index contributed by atoms with van der Waals surface area (Å²) in [5.41, 5.74) is 36.7. The first-order chi connectivity index (χ1) is 22.6. The molecular formula is C30H48Cl3N15. The molecule has 0 amide bonds. The molecule has 2 aromatic rings. The lowest BCUT2D eigenvalue weighted by molar-refractivity contribution is 0.652. The van der Waals surface area contributed by atoms with Crippen molar-refractivity contribution in [2.24, 2.45) is 64.4 Å². The maximum atomic E-state index is 5.91. The summed E-state index contributed by atoms with van der Waals surface area (Å²) in [7, 11) is 0. The van der Waals surface area contributed by atoms with Crippen molar-refractivity contribution in [2.75, 3.05) is 36.8 Å². The average molecular weight is 725 g/mol. The smallest absolute Gasteiger partial charge is 0.218 e. The number of aliphatic imine (C=N–C) groups is 6. The van der Waals surface area contributed by atoms with E-state index >= 15 is 0 Å². The van der Waals surface area contributed by atoms with E-state index in [1.54, 1.807) is 48.5 Å². The van der Waals surface area contributed by atoms with Gasteiger partial charge < -0.3 is 45.0 Å². The van der Waals surface area contributed by atoms with E-state index in [1.807, 2.05) is 0 Å². The summed E-state index contributed by atoms with van der Waals surface area (Å²) >= 11 is 11.7. The second-order valence-corrected chi connectivity index (χ2v) is 11.1. The summed E-state index contributed by atoms with van der Waals surface area (Å²) in [5, 5.41) is 9.94. The highest BCUT2D eigenvalue weighted by Gasteiger charge is 2.00. The molecule has 15 nitrogen and oxygen atoms in total. The minimum absolute atomic E-state index is 0. The highest BCUT2D eigenvalue weighted by atomic mass is 35.5. The number of benzene rings is 2. The monoisotopic (exact) mass is 723 g/mol. The fourth-order valence-corrected chi connectivity index (χ4v) is 4.14. The fourth-order valence-electron chi connectivity index (χ4n) is 3.89. The van der Waals surface area contributed by atoms with E-state index in [4.69, 9.17) is 57.6 Å². The Hall–Kier alpha value is -4.47. The Morgan fingerprint density at radius 1 is 0.458 bits per heavy atom. The lowest BCUT2D eigenvalue weighted by Gasteiger charge is -2.05. The number of anilines is 2. The van der Waals surface area contributed by atoms with Crippen molar-refractivity contribution >= 4 is 82.7 Å². The van der Waals surface area contributed by atoms with Crippen LogP contribution in [0.2, 0.25) is 10.0 Å². The molecule has 2 rings (SSSR count). The largest absolute Gasteiger partial charge is 0.370 e. The number of rotatable bonds is 16. The molecule has 0 atom stereocenters. The van der Waals surface area contributed by atoms with Gasteiger partial charge in [0.2, 0.25) is 23.8 Å². The van der Waals surface area contributed by atoms with Crippen LogP contribution >= 0.6 is 35.6 Å². The van der Waals surface area contributed by atoms with Crippen LogP contribution in [0, 0.1) is 0 Å². The van der Waals surface area contributed by atoms with Crippen LogP contribution in [0.5, 0.6) is 0 Å². The number of guanidine groups is 6. The van der Waals surface area contributed by atoms with Gasteiger partial charge in [0, 0.05) is 47.6 Å². The minimum Gasteiger partial charge on any atom is -0.370 e. The third-order valence-corrected chi connectivity index (χ3v) is 6.71. The molecule has 0 spiro atoms. The molecule has 0 aliphatic heterocycles. The normalized spacial score (nSPS) is 13.2. The first kappa shape index (κ1) is 41.6. The number of nitrogens with two attached hydrogens (primary N) is 6. The van der Waals surface area contributed by atoms with Gasteiger partial charge in [-0.2, -0.15) is 9.98 Å².